The minimum Gasteiger partial charge on any atom is -0.447 e. The van der Waals surface area contributed by atoms with Crippen molar-refractivity contribution in [1.29, 1.82) is 0 Å². The summed E-state index contributed by atoms with van der Waals surface area (Å²) in [4.78, 5) is 130. The highest BCUT2D eigenvalue weighted by Crippen LogP contribution is 2.23. The summed E-state index contributed by atoms with van der Waals surface area (Å²) >= 11 is 10.2. The molecule has 0 radical (unpaired) electrons. The minimum atomic E-state index is -0.644. The smallest absolute Gasteiger partial charge is 0.407 e. The largest absolute Gasteiger partial charge is 0.447 e. The van der Waals surface area contributed by atoms with Crippen LogP contribution in [0.25, 0.3) is 0 Å². The van der Waals surface area contributed by atoms with Gasteiger partial charge in [0.1, 0.15) is 33.0 Å². The van der Waals surface area contributed by atoms with Crippen LogP contribution in [0.2, 0.25) is 0 Å². The summed E-state index contributed by atoms with van der Waals surface area (Å²) < 4.78 is 68.8. The van der Waals surface area contributed by atoms with Crippen molar-refractivity contribution in [3.8, 4) is 0 Å². The second kappa shape index (κ2) is 75.2. The van der Waals surface area contributed by atoms with Gasteiger partial charge in [0.15, 0.2) is 17.3 Å². The van der Waals surface area contributed by atoms with Crippen molar-refractivity contribution in [2.45, 2.75) is 99.4 Å². The molecule has 2 aromatic carbocycles. The summed E-state index contributed by atoms with van der Waals surface area (Å²) in [6.45, 7) is 25.5. The van der Waals surface area contributed by atoms with Gasteiger partial charge in [-0.2, -0.15) is 12.6 Å². The molecule has 2 rings (SSSR count). The third kappa shape index (κ3) is 75.6. The highest BCUT2D eigenvalue weighted by atomic mass is 127. The summed E-state index contributed by atoms with van der Waals surface area (Å²) in [5.74, 6) is -0.0282. The van der Waals surface area contributed by atoms with Gasteiger partial charge >= 0.3 is 12.2 Å². The van der Waals surface area contributed by atoms with Crippen LogP contribution in [0.1, 0.15) is 120 Å². The molecule has 8 N–H and O–H groups in total. The van der Waals surface area contributed by atoms with Gasteiger partial charge in [-0.3, -0.25) is 43.2 Å². The highest BCUT2D eigenvalue weighted by Gasteiger charge is 2.17. The van der Waals surface area contributed by atoms with Gasteiger partial charge in [-0.1, -0.05) is 136 Å². The average Bonchev–Trinajstić information content (AvgIpc) is 0.851. The van der Waals surface area contributed by atoms with E-state index in [1.807, 2.05) is 86.7 Å². The predicted molar refractivity (Wildman–Crippen MR) is 456 cm³/mol. The molecule has 0 atom stereocenters. The number of hydrogen-bond donors (Lipinski definition) is 9. The number of nitrogens with one attached hydrogen (secondary N) is 8. The van der Waals surface area contributed by atoms with E-state index in [4.69, 9.17) is 61.6 Å². The molecule has 0 aliphatic heterocycles. The number of alkyl halides is 2. The van der Waals surface area contributed by atoms with Crippen LogP contribution in [0.4, 0.5) is 37.1 Å². The van der Waals surface area contributed by atoms with E-state index in [-0.39, 0.29) is 187 Å². The summed E-state index contributed by atoms with van der Waals surface area (Å²) in [6.07, 6.45) is -1.24. The third-order valence-corrected chi connectivity index (χ3v) is 14.8. The van der Waals surface area contributed by atoms with Crippen molar-refractivity contribution in [3.63, 3.8) is 0 Å². The fourth-order valence-corrected chi connectivity index (χ4v) is 8.91. The first-order valence-corrected chi connectivity index (χ1v) is 39.5. The highest BCUT2D eigenvalue weighted by molar-refractivity contribution is 14.1. The zero-order chi connectivity index (χ0) is 78.4. The molecule has 110 heavy (non-hydrogen) atoms. The van der Waals surface area contributed by atoms with E-state index < -0.39 is 29.2 Å². The quantitative estimate of drug-likeness (QED) is 0.0129. The monoisotopic (exact) mass is 1850 g/mol. The van der Waals surface area contributed by atoms with Gasteiger partial charge in [0.2, 0.25) is 17.7 Å². The Morgan fingerprint density at radius 1 is 0.373 bits per heavy atom. The van der Waals surface area contributed by atoms with Gasteiger partial charge in [0.05, 0.1) is 140 Å². The molecule has 0 saturated carbocycles. The lowest BCUT2D eigenvalue weighted by molar-refractivity contribution is -0.122. The molecule has 37 heteroatoms. The van der Waals surface area contributed by atoms with Crippen molar-refractivity contribution in [1.82, 2.24) is 21.3 Å². The lowest BCUT2D eigenvalue weighted by Crippen LogP contribution is -2.35. The van der Waals surface area contributed by atoms with Crippen molar-refractivity contribution >= 4 is 168 Å². The Labute approximate surface area is 694 Å². The number of carbonyl (C=O) groups is 11. The maximum absolute atomic E-state index is 13.1. The first-order chi connectivity index (χ1) is 50.1. The Kier molecular flexibility index (Phi) is 79.2. The molecule has 638 valence electrons. The van der Waals surface area contributed by atoms with Crippen LogP contribution >= 0.6 is 81.3 Å². The summed E-state index contributed by atoms with van der Waals surface area (Å²) in [5.41, 5.74) is 1.83. The zero-order valence-electron chi connectivity index (χ0n) is 61.8. The van der Waals surface area contributed by atoms with E-state index in [9.17, 15) is 52.7 Å². The van der Waals surface area contributed by atoms with E-state index in [0.717, 1.165) is 17.5 Å². The second-order valence-electron chi connectivity index (χ2n) is 24.3. The van der Waals surface area contributed by atoms with Crippen molar-refractivity contribution < 1.29 is 114 Å². The molecule has 0 saturated heterocycles. The normalized spacial score (nSPS) is 10.5. The van der Waals surface area contributed by atoms with Crippen LogP contribution in [0.15, 0.2) is 36.4 Å². The van der Waals surface area contributed by atoms with Gasteiger partial charge in [0, 0.05) is 77.3 Å². The number of alkyl carbamates (subject to hydrolysis) is 2. The maximum Gasteiger partial charge on any atom is 0.407 e. The first-order valence-electron chi connectivity index (χ1n) is 33.7. The van der Waals surface area contributed by atoms with Gasteiger partial charge in [0.25, 0.3) is 17.1 Å². The van der Waals surface area contributed by atoms with Crippen molar-refractivity contribution in [3.05, 3.63) is 47.5 Å². The van der Waals surface area contributed by atoms with Gasteiger partial charge in [-0.25, -0.2) is 9.59 Å². The zero-order valence-corrected chi connectivity index (χ0v) is 68.7. The molecular formula is C73H130I2N8O24S3. The number of rotatable bonds is 56. The molecule has 0 unspecified atom stereocenters. The van der Waals surface area contributed by atoms with Crippen LogP contribution in [0.5, 0.6) is 0 Å². The van der Waals surface area contributed by atoms with Crippen LogP contribution < -0.4 is 42.5 Å². The number of amides is 8. The Morgan fingerprint density at radius 2 is 0.673 bits per heavy atom. The average molecular weight is 1850 g/mol. The molecule has 0 bridgehead atoms. The molecule has 2 aromatic rings. The number of Topliss-reactive ketones (excluding diaryl/α,β-unsaturated/α-hetero) is 3. The molecule has 0 aromatic heterocycles. The number of ether oxygens (including phenoxy) is 13. The van der Waals surface area contributed by atoms with Gasteiger partial charge in [-0.05, 0) is 68.0 Å². The van der Waals surface area contributed by atoms with Gasteiger partial charge < -0.3 is 104 Å². The van der Waals surface area contributed by atoms with Crippen molar-refractivity contribution in [2.24, 2.45) is 10.8 Å². The second-order valence-corrected chi connectivity index (χ2v) is 28.5. The molecule has 0 aliphatic carbocycles. The maximum atomic E-state index is 13.1. The fraction of sp³-hybridized carbons (Fsp3) is 0.685. The number of carbonyl (C=O) groups excluding carboxylic acids is 11. The Hall–Kier alpha value is -5.12. The Morgan fingerprint density at radius 3 is 1.01 bits per heavy atom. The number of benzene rings is 2. The van der Waals surface area contributed by atoms with E-state index in [1.54, 1.807) is 12.1 Å². The van der Waals surface area contributed by atoms with Crippen molar-refractivity contribution in [2.75, 3.05) is 238 Å². The summed E-state index contributed by atoms with van der Waals surface area (Å²) in [7, 11) is 0. The lowest BCUT2D eigenvalue weighted by atomic mass is 9.99. The topological polar surface area (TPSA) is 404 Å². The fourth-order valence-electron chi connectivity index (χ4n) is 7.18. The number of halogens is 2. The van der Waals surface area contributed by atoms with Gasteiger partial charge in [-0.15, -0.1) is 11.8 Å². The lowest BCUT2D eigenvalue weighted by Gasteiger charge is -2.17. The van der Waals surface area contributed by atoms with E-state index >= 15 is 0 Å². The van der Waals surface area contributed by atoms with E-state index in [0.29, 0.717) is 141 Å². The van der Waals surface area contributed by atoms with Crippen LogP contribution in [-0.4, -0.2) is 281 Å². The van der Waals surface area contributed by atoms with E-state index in [1.165, 1.54) is 56.8 Å². The Bertz CT molecular complexity index is 2800. The van der Waals surface area contributed by atoms with E-state index in [2.05, 4.69) is 55.2 Å². The van der Waals surface area contributed by atoms with Crippen LogP contribution in [-0.2, 0) is 90.3 Å². The summed E-state index contributed by atoms with van der Waals surface area (Å²) in [5, 5.41) is 20.9. The molecule has 8 amide bonds. The first kappa shape index (κ1) is 116. The molecule has 32 nitrogen and oxygen atoms in total. The number of thioether (sulfide) groups is 2. The minimum absolute atomic E-state index is 0. The number of thiol groups is 1. The Balaban J connectivity index is -0.000000437. The van der Waals surface area contributed by atoms with Crippen LogP contribution in [0.3, 0.4) is 0 Å². The molecule has 0 fully saturated rings. The standard InChI is InChI=1S/C38H62N4O14S2.C21H30I2N4O6.C9H18O4S.5CH4/c1-29(43)25-53-14-12-49-8-10-51-18-20-57-27-34(45)41-32-22-31(35(46)39-6-7-40-36(47)56-17-16-55-28-38(3,4)5)23-33(24-32)42-37(48)58-21-19-52-11-9-50-13-15-54-26-30(2)44;1-21(2,3)13-32-6-7-33-20(31)25-5-4-24-19(30)14-8-15(26-17(28)11-22)10-16(9-14)27-18(29)12-23;1-9(10)8-13-5-4-11-2-3-12-6-7-14;;;;;/h22-24H,6-21,25-28H2,1-5H3,(H,39,46)(H,40,47)(H,41,45)(H,42,48);8-10H,4-7,11-13H2,1-3H3,(H,24,30)(H,25,31)(H,26,28)(H,27,29);14H,2-8H2,1H3;5*1H4. The number of anilines is 4. The predicted octanol–water partition coefficient (Wildman–Crippen LogP) is 10.1. The molecule has 0 spiro atoms. The molecule has 0 aliphatic rings. The third-order valence-electron chi connectivity index (χ3n) is 11.5. The number of ketones is 3. The molecular weight excluding hydrogens is 1720 g/mol. The summed E-state index contributed by atoms with van der Waals surface area (Å²) in [6, 6.07) is 9.11. The SMILES string of the molecule is C.C.C.C.C.CC(=O)COCCOCCOCCS.CC(=O)COCCOCCOCCSCC(=O)Nc1cc(NC(=O)SCCOCCOCCOCC(C)=O)cc(C(=O)NCCNC(=O)OCCOCC(C)(C)C)c1.CC(C)(C)COCCOC(=O)NCCNC(=O)c1cc(NC(=O)CI)cc(NC(=O)CI)c1. The molecule has 0 heterocycles. The number of hydrogen-bond acceptors (Lipinski definition) is 27. The van der Waals surface area contributed by atoms with Crippen LogP contribution in [0, 0.1) is 10.8 Å².